The molecule has 0 radical (unpaired) electrons. The van der Waals surface area contributed by atoms with Gasteiger partial charge < -0.3 is 14.8 Å². The molecule has 1 heterocycles. The summed E-state index contributed by atoms with van der Waals surface area (Å²) in [7, 11) is 3.18. The van der Waals surface area contributed by atoms with Crippen molar-refractivity contribution in [3.63, 3.8) is 0 Å². The van der Waals surface area contributed by atoms with Crippen molar-refractivity contribution >= 4 is 23.1 Å². The molecule has 168 valence electrons. The summed E-state index contributed by atoms with van der Waals surface area (Å²) in [6, 6.07) is 12.9. The molecule has 0 aromatic heterocycles. The lowest BCUT2D eigenvalue weighted by Gasteiger charge is -2.34. The molecule has 32 heavy (non-hydrogen) atoms. The fraction of sp³-hybridized carbons (Fsp3) is 0.385. The van der Waals surface area contributed by atoms with Crippen LogP contribution in [0.4, 0.5) is 11.4 Å². The van der Waals surface area contributed by atoms with Gasteiger partial charge in [0.1, 0.15) is 0 Å². The molecule has 1 aliphatic heterocycles. The molecular formula is C26H30N2O4. The van der Waals surface area contributed by atoms with Crippen molar-refractivity contribution in [3.8, 4) is 11.5 Å². The second-order valence-corrected chi connectivity index (χ2v) is 8.20. The third-order valence-corrected chi connectivity index (χ3v) is 6.17. The van der Waals surface area contributed by atoms with Gasteiger partial charge in [0.05, 0.1) is 31.6 Å². The van der Waals surface area contributed by atoms with Gasteiger partial charge >= 0.3 is 0 Å². The fourth-order valence-corrected chi connectivity index (χ4v) is 4.60. The number of rotatable bonds is 6. The molecule has 2 aromatic carbocycles. The zero-order valence-electron chi connectivity index (χ0n) is 18.9. The molecule has 2 aromatic rings. The monoisotopic (exact) mass is 434 g/mol. The summed E-state index contributed by atoms with van der Waals surface area (Å²) < 4.78 is 11.0. The molecule has 6 nitrogen and oxygen atoms in total. The Bertz CT molecular complexity index is 1060. The number of unbranched alkanes of at least 4 members (excludes halogenated alkanes) is 1. The number of hydrogen-bond donors (Lipinski definition) is 1. The van der Waals surface area contributed by atoms with Crippen molar-refractivity contribution in [1.29, 1.82) is 0 Å². The number of fused-ring (bicyclic) bond motifs is 1. The molecular weight excluding hydrogens is 404 g/mol. The summed E-state index contributed by atoms with van der Waals surface area (Å²) in [5.41, 5.74) is 4.04. The van der Waals surface area contributed by atoms with Crippen LogP contribution in [-0.4, -0.2) is 25.9 Å². The lowest BCUT2D eigenvalue weighted by atomic mass is 9.85. The molecule has 4 rings (SSSR count). The molecule has 0 fully saturated rings. The highest BCUT2D eigenvalue weighted by Crippen LogP contribution is 2.46. The van der Waals surface area contributed by atoms with Crippen molar-refractivity contribution in [2.24, 2.45) is 0 Å². The quantitative estimate of drug-likeness (QED) is 0.659. The van der Waals surface area contributed by atoms with E-state index in [2.05, 4.69) is 12.2 Å². The minimum atomic E-state index is -0.530. The Morgan fingerprint density at radius 1 is 1.09 bits per heavy atom. The summed E-state index contributed by atoms with van der Waals surface area (Å²) in [6.45, 7) is 2.07. The second kappa shape index (κ2) is 9.47. The number of ether oxygens (including phenoxy) is 2. The van der Waals surface area contributed by atoms with E-state index in [0.717, 1.165) is 48.3 Å². The molecule has 0 saturated carbocycles. The molecule has 1 amide bonds. The van der Waals surface area contributed by atoms with Gasteiger partial charge in [-0.05, 0) is 49.1 Å². The van der Waals surface area contributed by atoms with E-state index in [1.54, 1.807) is 14.2 Å². The Balaban J connectivity index is 1.96. The Kier molecular flexibility index (Phi) is 6.49. The first-order valence-corrected chi connectivity index (χ1v) is 11.2. The van der Waals surface area contributed by atoms with Gasteiger partial charge in [-0.2, -0.15) is 0 Å². The largest absolute Gasteiger partial charge is 0.493 e. The normalized spacial score (nSPS) is 17.8. The zero-order valence-corrected chi connectivity index (χ0v) is 18.9. The van der Waals surface area contributed by atoms with Gasteiger partial charge in [0, 0.05) is 24.1 Å². The number of nitrogens with zero attached hydrogens (tertiary/aromatic N) is 1. The second-order valence-electron chi connectivity index (χ2n) is 8.20. The molecule has 0 spiro atoms. The van der Waals surface area contributed by atoms with Crippen molar-refractivity contribution in [2.75, 3.05) is 24.4 Å². The van der Waals surface area contributed by atoms with Crippen LogP contribution in [0, 0.1) is 0 Å². The molecule has 0 saturated heterocycles. The molecule has 0 bridgehead atoms. The van der Waals surface area contributed by atoms with E-state index in [0.29, 0.717) is 29.9 Å². The topological polar surface area (TPSA) is 67.9 Å². The van der Waals surface area contributed by atoms with Gasteiger partial charge in [-0.25, -0.2) is 0 Å². The summed E-state index contributed by atoms with van der Waals surface area (Å²) in [5, 5.41) is 3.49. The first-order chi connectivity index (χ1) is 15.6. The number of amides is 1. The van der Waals surface area contributed by atoms with Crippen molar-refractivity contribution in [2.45, 2.75) is 51.5 Å². The van der Waals surface area contributed by atoms with Crippen molar-refractivity contribution < 1.29 is 19.1 Å². The molecule has 1 atom stereocenters. The number of anilines is 2. The minimum Gasteiger partial charge on any atom is -0.493 e. The number of allylic oxidation sites excluding steroid dienone is 1. The summed E-state index contributed by atoms with van der Waals surface area (Å²) in [5.74, 6) is 1.27. The van der Waals surface area contributed by atoms with Gasteiger partial charge in [-0.3, -0.25) is 14.5 Å². The van der Waals surface area contributed by atoms with Crippen LogP contribution >= 0.6 is 0 Å². The molecule has 1 N–H and O–H groups in total. The highest BCUT2D eigenvalue weighted by Gasteiger charge is 2.39. The molecule has 2 aliphatic rings. The van der Waals surface area contributed by atoms with Crippen LogP contribution in [0.5, 0.6) is 11.5 Å². The highest BCUT2D eigenvalue weighted by molar-refractivity contribution is 6.06. The first-order valence-electron chi connectivity index (χ1n) is 11.2. The Labute approximate surface area is 189 Å². The van der Waals surface area contributed by atoms with E-state index in [1.165, 1.54) is 0 Å². The third kappa shape index (κ3) is 3.97. The predicted octanol–water partition coefficient (Wildman–Crippen LogP) is 5.40. The Morgan fingerprint density at radius 3 is 2.62 bits per heavy atom. The maximum atomic E-state index is 13.6. The van der Waals surface area contributed by atoms with E-state index in [4.69, 9.17) is 9.47 Å². The summed E-state index contributed by atoms with van der Waals surface area (Å²) in [4.78, 5) is 28.7. The van der Waals surface area contributed by atoms with E-state index in [1.807, 2.05) is 47.4 Å². The number of benzene rings is 2. The number of hydrogen-bond acceptors (Lipinski definition) is 5. The van der Waals surface area contributed by atoms with Crippen LogP contribution in [0.15, 0.2) is 53.7 Å². The van der Waals surface area contributed by atoms with E-state index in [9.17, 15) is 9.59 Å². The zero-order chi connectivity index (χ0) is 22.7. The van der Waals surface area contributed by atoms with Gasteiger partial charge in [0.25, 0.3) is 0 Å². The van der Waals surface area contributed by atoms with Crippen LogP contribution in [-0.2, 0) is 9.59 Å². The average molecular weight is 435 g/mol. The standard InChI is InChI=1S/C26H30N2O4/c1-4-5-13-24(30)28-20-11-7-6-9-18(20)27-19-10-8-12-21(29)25(19)26(28)17-14-15-22(31-2)23(16-17)32-3/h6-7,9,11,14-16,26-27H,4-5,8,10,12-13H2,1-3H3. The van der Waals surface area contributed by atoms with E-state index in [-0.39, 0.29) is 11.7 Å². The number of carbonyl (C=O) groups is 2. The lowest BCUT2D eigenvalue weighted by Crippen LogP contribution is -2.38. The lowest BCUT2D eigenvalue weighted by molar-refractivity contribution is -0.119. The fourth-order valence-electron chi connectivity index (χ4n) is 4.60. The van der Waals surface area contributed by atoms with E-state index < -0.39 is 6.04 Å². The SMILES string of the molecule is CCCCC(=O)N1c2ccccc2NC2=C(C(=O)CCC2)C1c1ccc(OC)c(OC)c1. The summed E-state index contributed by atoms with van der Waals surface area (Å²) >= 11 is 0. The van der Waals surface area contributed by atoms with Gasteiger partial charge in [-0.15, -0.1) is 0 Å². The predicted molar refractivity (Wildman–Crippen MR) is 125 cm³/mol. The van der Waals surface area contributed by atoms with Crippen LogP contribution in [0.2, 0.25) is 0 Å². The smallest absolute Gasteiger partial charge is 0.227 e. The van der Waals surface area contributed by atoms with E-state index >= 15 is 0 Å². The van der Waals surface area contributed by atoms with Crippen LogP contribution < -0.4 is 19.7 Å². The molecule has 1 aliphatic carbocycles. The number of carbonyl (C=O) groups excluding carboxylic acids is 2. The van der Waals surface area contributed by atoms with Gasteiger partial charge in [-0.1, -0.05) is 31.5 Å². The number of nitrogens with one attached hydrogen (secondary N) is 1. The summed E-state index contributed by atoms with van der Waals surface area (Å²) in [6.07, 6.45) is 4.20. The van der Waals surface area contributed by atoms with Crippen LogP contribution in [0.1, 0.15) is 57.1 Å². The molecule has 1 unspecified atom stereocenters. The Hall–Kier alpha value is -3.28. The minimum absolute atomic E-state index is 0.00742. The highest BCUT2D eigenvalue weighted by atomic mass is 16.5. The van der Waals surface area contributed by atoms with Gasteiger partial charge in [0.2, 0.25) is 5.91 Å². The number of methoxy groups -OCH3 is 2. The number of Topliss-reactive ketones (excluding diaryl/α,β-unsaturated/α-hetero) is 1. The average Bonchev–Trinajstić information content (AvgIpc) is 2.97. The van der Waals surface area contributed by atoms with Crippen molar-refractivity contribution in [3.05, 3.63) is 59.3 Å². The Morgan fingerprint density at radius 2 is 1.88 bits per heavy atom. The molecule has 6 heteroatoms. The number of ketones is 1. The number of para-hydroxylation sites is 2. The third-order valence-electron chi connectivity index (χ3n) is 6.17. The van der Waals surface area contributed by atoms with Crippen LogP contribution in [0.3, 0.4) is 0 Å². The van der Waals surface area contributed by atoms with Crippen LogP contribution in [0.25, 0.3) is 0 Å². The first kappa shape index (κ1) is 21.9. The van der Waals surface area contributed by atoms with Crippen molar-refractivity contribution in [1.82, 2.24) is 0 Å². The maximum Gasteiger partial charge on any atom is 0.227 e. The maximum absolute atomic E-state index is 13.6. The van der Waals surface area contributed by atoms with Gasteiger partial charge in [0.15, 0.2) is 17.3 Å².